The number of aromatic nitrogens is 1. The number of hydrogen-bond donors (Lipinski definition) is 0. The van der Waals surface area contributed by atoms with Crippen LogP contribution in [0.2, 0.25) is 0 Å². The Morgan fingerprint density at radius 1 is 1.19 bits per heavy atom. The minimum Gasteiger partial charge on any atom is -0.340 e. The first-order valence-electron chi connectivity index (χ1n) is 6.54. The van der Waals surface area contributed by atoms with Crippen LogP contribution in [0.3, 0.4) is 0 Å². The number of hydrogen-bond acceptors (Lipinski definition) is 2. The van der Waals surface area contributed by atoms with Gasteiger partial charge in [-0.25, -0.2) is 4.39 Å². The summed E-state index contributed by atoms with van der Waals surface area (Å²) in [6, 6.07) is 13.2. The van der Waals surface area contributed by atoms with E-state index in [1.807, 2.05) is 17.6 Å². The van der Waals surface area contributed by atoms with Crippen molar-refractivity contribution in [3.63, 3.8) is 0 Å². The summed E-state index contributed by atoms with van der Waals surface area (Å²) in [6.45, 7) is 2.31. The molecule has 0 aliphatic heterocycles. The molecule has 0 amide bonds. The van der Waals surface area contributed by atoms with Gasteiger partial charge >= 0.3 is 0 Å². The third-order valence-corrected chi connectivity index (χ3v) is 3.59. The summed E-state index contributed by atoms with van der Waals surface area (Å²) in [5, 5.41) is 11.6. The fraction of sp³-hybridized carbons (Fsp3) is 0.125. The monoisotopic (exact) mass is 284 g/mol. The van der Waals surface area contributed by atoms with E-state index in [0.29, 0.717) is 12.1 Å². The molecule has 3 rings (SSSR count). The van der Waals surface area contributed by atoms with E-state index in [9.17, 15) is 14.5 Å². The lowest BCUT2D eigenvalue weighted by molar-refractivity contribution is -0.384. The highest BCUT2D eigenvalue weighted by Crippen LogP contribution is 2.25. The van der Waals surface area contributed by atoms with E-state index in [0.717, 1.165) is 16.6 Å². The van der Waals surface area contributed by atoms with E-state index in [-0.39, 0.29) is 11.5 Å². The Bertz CT molecular complexity index is 839. The quantitative estimate of drug-likeness (QED) is 0.538. The van der Waals surface area contributed by atoms with Gasteiger partial charge in [-0.15, -0.1) is 0 Å². The van der Waals surface area contributed by atoms with Crippen molar-refractivity contribution in [1.29, 1.82) is 0 Å². The first-order chi connectivity index (χ1) is 10.1. The van der Waals surface area contributed by atoms with Crippen LogP contribution >= 0.6 is 0 Å². The van der Waals surface area contributed by atoms with E-state index in [2.05, 4.69) is 0 Å². The fourth-order valence-electron chi connectivity index (χ4n) is 2.52. The maximum absolute atomic E-state index is 13.8. The summed E-state index contributed by atoms with van der Waals surface area (Å²) < 4.78 is 15.7. The second-order valence-electron chi connectivity index (χ2n) is 4.96. The van der Waals surface area contributed by atoms with E-state index in [1.165, 1.54) is 12.1 Å². The van der Waals surface area contributed by atoms with Gasteiger partial charge in [0.1, 0.15) is 5.82 Å². The Kier molecular flexibility index (Phi) is 3.17. The average Bonchev–Trinajstić information content (AvgIpc) is 2.76. The van der Waals surface area contributed by atoms with Crippen molar-refractivity contribution >= 4 is 16.6 Å². The van der Waals surface area contributed by atoms with Gasteiger partial charge in [0, 0.05) is 34.3 Å². The zero-order chi connectivity index (χ0) is 15.0. The van der Waals surface area contributed by atoms with Crippen LogP contribution in [0.25, 0.3) is 10.9 Å². The molecule has 4 nitrogen and oxygen atoms in total. The van der Waals surface area contributed by atoms with Gasteiger partial charge in [0.25, 0.3) is 5.69 Å². The van der Waals surface area contributed by atoms with Crippen molar-refractivity contribution in [3.8, 4) is 0 Å². The summed E-state index contributed by atoms with van der Waals surface area (Å²) in [5.74, 6) is -0.249. The highest BCUT2D eigenvalue weighted by Gasteiger charge is 2.12. The number of rotatable bonds is 3. The number of nitrogens with zero attached hydrogens (tertiary/aromatic N) is 2. The van der Waals surface area contributed by atoms with Gasteiger partial charge in [0.15, 0.2) is 0 Å². The lowest BCUT2D eigenvalue weighted by Crippen LogP contribution is -2.03. The molecule has 2 aromatic carbocycles. The number of aryl methyl sites for hydroxylation is 1. The molecule has 1 heterocycles. The van der Waals surface area contributed by atoms with Crippen molar-refractivity contribution < 1.29 is 9.31 Å². The molecule has 0 aliphatic rings. The van der Waals surface area contributed by atoms with Crippen molar-refractivity contribution in [1.82, 2.24) is 4.57 Å². The molecule has 0 atom stereocenters. The van der Waals surface area contributed by atoms with Crippen LogP contribution in [-0.2, 0) is 6.54 Å². The minimum atomic E-state index is -0.414. The van der Waals surface area contributed by atoms with E-state index in [4.69, 9.17) is 0 Å². The number of halogens is 1. The van der Waals surface area contributed by atoms with Gasteiger partial charge in [-0.05, 0) is 25.1 Å². The van der Waals surface area contributed by atoms with Crippen molar-refractivity contribution in [3.05, 3.63) is 75.7 Å². The molecule has 0 N–H and O–H groups in total. The Morgan fingerprint density at radius 2 is 1.95 bits per heavy atom. The van der Waals surface area contributed by atoms with Crippen LogP contribution in [0.15, 0.2) is 48.5 Å². The SMILES string of the molecule is Cc1cc2cc([N+](=O)[O-])ccc2n1Cc1ccccc1F. The zero-order valence-electron chi connectivity index (χ0n) is 11.4. The Balaban J connectivity index is 2.09. The number of fused-ring (bicyclic) bond motifs is 1. The van der Waals surface area contributed by atoms with Crippen LogP contribution in [0, 0.1) is 22.9 Å². The second kappa shape index (κ2) is 5.01. The molecule has 0 unspecified atom stereocenters. The van der Waals surface area contributed by atoms with E-state index in [1.54, 1.807) is 30.3 Å². The maximum Gasteiger partial charge on any atom is 0.270 e. The molecule has 0 saturated carbocycles. The van der Waals surface area contributed by atoms with Gasteiger partial charge in [-0.2, -0.15) is 0 Å². The van der Waals surface area contributed by atoms with Crippen LogP contribution in [0.5, 0.6) is 0 Å². The molecule has 0 radical (unpaired) electrons. The standard InChI is InChI=1S/C16H13FN2O2/c1-11-8-13-9-14(19(20)21)6-7-16(13)18(11)10-12-4-2-3-5-15(12)17/h2-9H,10H2,1H3. The second-order valence-corrected chi connectivity index (χ2v) is 4.96. The Hall–Kier alpha value is -2.69. The highest BCUT2D eigenvalue weighted by molar-refractivity contribution is 5.83. The molecule has 0 spiro atoms. The first-order valence-corrected chi connectivity index (χ1v) is 6.54. The smallest absolute Gasteiger partial charge is 0.270 e. The summed E-state index contributed by atoms with van der Waals surface area (Å²) >= 11 is 0. The molecule has 0 saturated heterocycles. The number of non-ortho nitro benzene ring substituents is 1. The fourth-order valence-corrected chi connectivity index (χ4v) is 2.52. The average molecular weight is 284 g/mol. The van der Waals surface area contributed by atoms with Gasteiger partial charge in [0.2, 0.25) is 0 Å². The van der Waals surface area contributed by atoms with Gasteiger partial charge in [-0.3, -0.25) is 10.1 Å². The molecule has 106 valence electrons. The molecule has 3 aromatic rings. The largest absolute Gasteiger partial charge is 0.340 e. The van der Waals surface area contributed by atoms with Gasteiger partial charge in [-0.1, -0.05) is 18.2 Å². The third-order valence-electron chi connectivity index (χ3n) is 3.59. The van der Waals surface area contributed by atoms with Crippen LogP contribution in [0.1, 0.15) is 11.3 Å². The lowest BCUT2D eigenvalue weighted by atomic mass is 10.2. The van der Waals surface area contributed by atoms with Crippen molar-refractivity contribution in [2.24, 2.45) is 0 Å². The number of benzene rings is 2. The van der Waals surface area contributed by atoms with Crippen LogP contribution in [0.4, 0.5) is 10.1 Å². The van der Waals surface area contributed by atoms with E-state index >= 15 is 0 Å². The lowest BCUT2D eigenvalue weighted by Gasteiger charge is -2.09. The molecular weight excluding hydrogens is 271 g/mol. The zero-order valence-corrected chi connectivity index (χ0v) is 11.4. The summed E-state index contributed by atoms with van der Waals surface area (Å²) in [7, 11) is 0. The summed E-state index contributed by atoms with van der Waals surface area (Å²) in [5.41, 5.74) is 2.46. The topological polar surface area (TPSA) is 48.1 Å². The van der Waals surface area contributed by atoms with Crippen molar-refractivity contribution in [2.45, 2.75) is 13.5 Å². The first kappa shape index (κ1) is 13.3. The Labute approximate surface area is 120 Å². The molecular formula is C16H13FN2O2. The van der Waals surface area contributed by atoms with Gasteiger partial charge in [0.05, 0.1) is 11.5 Å². The molecule has 1 aromatic heterocycles. The molecule has 5 heteroatoms. The third kappa shape index (κ3) is 2.38. The highest BCUT2D eigenvalue weighted by atomic mass is 19.1. The summed E-state index contributed by atoms with van der Waals surface area (Å²) in [4.78, 5) is 10.4. The normalized spacial score (nSPS) is 11.0. The molecule has 0 bridgehead atoms. The minimum absolute atomic E-state index is 0.0607. The van der Waals surface area contributed by atoms with Crippen molar-refractivity contribution in [2.75, 3.05) is 0 Å². The molecule has 21 heavy (non-hydrogen) atoms. The van der Waals surface area contributed by atoms with Crippen LogP contribution in [-0.4, -0.2) is 9.49 Å². The molecule has 0 aliphatic carbocycles. The number of nitro groups is 1. The molecule has 0 fully saturated rings. The van der Waals surface area contributed by atoms with Gasteiger partial charge < -0.3 is 4.57 Å². The predicted octanol–water partition coefficient (Wildman–Crippen LogP) is 4.05. The van der Waals surface area contributed by atoms with E-state index < -0.39 is 4.92 Å². The number of nitro benzene ring substituents is 1. The summed E-state index contributed by atoms with van der Waals surface area (Å²) in [6.07, 6.45) is 0. The van der Waals surface area contributed by atoms with Crippen LogP contribution < -0.4 is 0 Å². The predicted molar refractivity (Wildman–Crippen MR) is 78.8 cm³/mol. The maximum atomic E-state index is 13.8. The Morgan fingerprint density at radius 3 is 2.67 bits per heavy atom.